The second-order valence-corrected chi connectivity index (χ2v) is 7.42. The predicted octanol–water partition coefficient (Wildman–Crippen LogP) is 4.12. The molecule has 1 aliphatic carbocycles. The summed E-state index contributed by atoms with van der Waals surface area (Å²) in [4.78, 5) is 14.5. The van der Waals surface area contributed by atoms with Gasteiger partial charge in [-0.1, -0.05) is 45.7 Å². The Morgan fingerprint density at radius 3 is 2.64 bits per heavy atom. The Labute approximate surface area is 170 Å². The molecule has 0 aliphatic heterocycles. The minimum absolute atomic E-state index is 0.236. The van der Waals surface area contributed by atoms with Gasteiger partial charge in [-0.3, -0.25) is 0 Å². The third-order valence-electron chi connectivity index (χ3n) is 5.45. The van der Waals surface area contributed by atoms with E-state index in [2.05, 4.69) is 36.3 Å². The van der Waals surface area contributed by atoms with Gasteiger partial charge in [0, 0.05) is 13.1 Å². The van der Waals surface area contributed by atoms with Gasteiger partial charge in [-0.05, 0) is 44.0 Å². The lowest BCUT2D eigenvalue weighted by Gasteiger charge is -2.28. The third kappa shape index (κ3) is 7.68. The molecule has 2 amide bonds. The van der Waals surface area contributed by atoms with Gasteiger partial charge in [-0.25, -0.2) is 4.79 Å². The SMILES string of the molecule is CCN(CC)CCOc1ccccc1NC(=O)NCCOC1CCCCC1C. The average Bonchev–Trinajstić information content (AvgIpc) is 2.71. The van der Waals surface area contributed by atoms with Crippen molar-refractivity contribution >= 4 is 11.7 Å². The molecule has 2 atom stereocenters. The van der Waals surface area contributed by atoms with E-state index < -0.39 is 0 Å². The molecular formula is C22H37N3O3. The topological polar surface area (TPSA) is 62.8 Å². The molecular weight excluding hydrogens is 354 g/mol. The Balaban J connectivity index is 1.71. The molecule has 1 fully saturated rings. The summed E-state index contributed by atoms with van der Waals surface area (Å²) in [5, 5.41) is 5.75. The van der Waals surface area contributed by atoms with Crippen LogP contribution in [0.25, 0.3) is 0 Å². The summed E-state index contributed by atoms with van der Waals surface area (Å²) in [5.41, 5.74) is 0.682. The Morgan fingerprint density at radius 2 is 1.89 bits per heavy atom. The normalized spacial score (nSPS) is 19.4. The maximum atomic E-state index is 12.2. The number of amides is 2. The molecule has 6 nitrogen and oxygen atoms in total. The smallest absolute Gasteiger partial charge is 0.319 e. The average molecular weight is 392 g/mol. The van der Waals surface area contributed by atoms with Crippen molar-refractivity contribution in [3.8, 4) is 5.75 Å². The first kappa shape index (κ1) is 22.5. The van der Waals surface area contributed by atoms with E-state index in [0.29, 0.717) is 43.2 Å². The van der Waals surface area contributed by atoms with Crippen LogP contribution in [-0.4, -0.2) is 56.4 Å². The highest BCUT2D eigenvalue weighted by molar-refractivity contribution is 5.90. The van der Waals surface area contributed by atoms with Crippen molar-refractivity contribution in [2.75, 3.05) is 44.7 Å². The summed E-state index contributed by atoms with van der Waals surface area (Å²) in [5.74, 6) is 1.31. The maximum Gasteiger partial charge on any atom is 0.319 e. The van der Waals surface area contributed by atoms with Gasteiger partial charge >= 0.3 is 6.03 Å². The zero-order valence-electron chi connectivity index (χ0n) is 17.7. The number of nitrogens with one attached hydrogen (secondary N) is 2. The van der Waals surface area contributed by atoms with E-state index >= 15 is 0 Å². The van der Waals surface area contributed by atoms with Crippen LogP contribution in [0.15, 0.2) is 24.3 Å². The fourth-order valence-corrected chi connectivity index (χ4v) is 3.59. The highest BCUT2D eigenvalue weighted by Crippen LogP contribution is 2.26. The Morgan fingerprint density at radius 1 is 1.14 bits per heavy atom. The molecule has 0 bridgehead atoms. The second-order valence-electron chi connectivity index (χ2n) is 7.42. The van der Waals surface area contributed by atoms with Crippen molar-refractivity contribution in [1.29, 1.82) is 0 Å². The highest BCUT2D eigenvalue weighted by atomic mass is 16.5. The number of anilines is 1. The minimum Gasteiger partial charge on any atom is -0.490 e. The zero-order chi connectivity index (χ0) is 20.2. The molecule has 2 rings (SSSR count). The molecule has 0 radical (unpaired) electrons. The molecule has 2 N–H and O–H groups in total. The van der Waals surface area contributed by atoms with Crippen molar-refractivity contribution in [3.63, 3.8) is 0 Å². The molecule has 0 aromatic heterocycles. The second kappa shape index (κ2) is 12.6. The van der Waals surface area contributed by atoms with E-state index in [1.165, 1.54) is 19.3 Å². The molecule has 1 aromatic carbocycles. The third-order valence-corrected chi connectivity index (χ3v) is 5.45. The van der Waals surface area contributed by atoms with Crippen LogP contribution in [0.5, 0.6) is 5.75 Å². The van der Waals surface area contributed by atoms with Crippen LogP contribution in [0, 0.1) is 5.92 Å². The summed E-state index contributed by atoms with van der Waals surface area (Å²) < 4.78 is 11.8. The predicted molar refractivity (Wildman–Crippen MR) is 114 cm³/mol. The van der Waals surface area contributed by atoms with Crippen molar-refractivity contribution in [2.24, 2.45) is 5.92 Å². The summed E-state index contributed by atoms with van der Waals surface area (Å²) >= 11 is 0. The van der Waals surface area contributed by atoms with E-state index in [-0.39, 0.29) is 6.03 Å². The van der Waals surface area contributed by atoms with E-state index in [1.807, 2.05) is 24.3 Å². The number of benzene rings is 1. The first-order valence-corrected chi connectivity index (χ1v) is 10.7. The van der Waals surface area contributed by atoms with E-state index in [1.54, 1.807) is 0 Å². The number of carbonyl (C=O) groups excluding carboxylic acids is 1. The summed E-state index contributed by atoms with van der Waals surface area (Å²) in [7, 11) is 0. The van der Waals surface area contributed by atoms with Crippen LogP contribution in [0.2, 0.25) is 0 Å². The van der Waals surface area contributed by atoms with Gasteiger partial charge in [0.05, 0.1) is 18.4 Å². The van der Waals surface area contributed by atoms with E-state index in [9.17, 15) is 4.79 Å². The molecule has 28 heavy (non-hydrogen) atoms. The number of rotatable bonds is 11. The lowest BCUT2D eigenvalue weighted by molar-refractivity contribution is -0.00232. The van der Waals surface area contributed by atoms with Crippen molar-refractivity contribution in [1.82, 2.24) is 10.2 Å². The van der Waals surface area contributed by atoms with Crippen LogP contribution < -0.4 is 15.4 Å². The fraction of sp³-hybridized carbons (Fsp3) is 0.682. The molecule has 1 aliphatic rings. The van der Waals surface area contributed by atoms with Gasteiger partial charge in [0.25, 0.3) is 0 Å². The molecule has 6 heteroatoms. The molecule has 2 unspecified atom stereocenters. The lowest BCUT2D eigenvalue weighted by Crippen LogP contribution is -2.34. The summed E-state index contributed by atoms with van der Waals surface area (Å²) in [6.07, 6.45) is 5.25. The van der Waals surface area contributed by atoms with Crippen LogP contribution in [0.3, 0.4) is 0 Å². The van der Waals surface area contributed by atoms with Crippen LogP contribution in [0.1, 0.15) is 46.5 Å². The Kier molecular flexibility index (Phi) is 10.1. The number of hydrogen-bond donors (Lipinski definition) is 2. The van der Waals surface area contributed by atoms with Gasteiger partial charge in [-0.15, -0.1) is 0 Å². The maximum absolute atomic E-state index is 12.2. The van der Waals surface area contributed by atoms with E-state index in [4.69, 9.17) is 9.47 Å². The van der Waals surface area contributed by atoms with Gasteiger partial charge in [0.15, 0.2) is 0 Å². The summed E-state index contributed by atoms with van der Waals surface area (Å²) in [6.45, 7) is 11.0. The van der Waals surface area contributed by atoms with Crippen molar-refractivity contribution in [2.45, 2.75) is 52.6 Å². The summed E-state index contributed by atoms with van der Waals surface area (Å²) in [6, 6.07) is 7.30. The molecule has 0 saturated heterocycles. The molecule has 0 spiro atoms. The number of urea groups is 1. The number of ether oxygens (including phenoxy) is 2. The van der Waals surface area contributed by atoms with Crippen molar-refractivity contribution < 1.29 is 14.3 Å². The first-order chi connectivity index (χ1) is 13.6. The number of para-hydroxylation sites is 2. The largest absolute Gasteiger partial charge is 0.490 e. The van der Waals surface area contributed by atoms with Crippen molar-refractivity contribution in [3.05, 3.63) is 24.3 Å². The lowest BCUT2D eigenvalue weighted by atomic mass is 9.88. The van der Waals surface area contributed by atoms with Gasteiger partial charge < -0.3 is 25.0 Å². The van der Waals surface area contributed by atoms with Crippen LogP contribution >= 0.6 is 0 Å². The fourth-order valence-electron chi connectivity index (χ4n) is 3.59. The Bertz CT molecular complexity index is 578. The quantitative estimate of drug-likeness (QED) is 0.557. The molecule has 1 saturated carbocycles. The van der Waals surface area contributed by atoms with Gasteiger partial charge in [0.2, 0.25) is 0 Å². The number of carbonyl (C=O) groups is 1. The standard InChI is InChI=1S/C22H37N3O3/c1-4-25(5-2)15-17-28-21-13-9-7-11-19(21)24-22(26)23-14-16-27-20-12-8-6-10-18(20)3/h7,9,11,13,18,20H,4-6,8,10,12,14-17H2,1-3H3,(H2,23,24,26). The number of nitrogens with zero attached hydrogens (tertiary/aromatic N) is 1. The van der Waals surface area contributed by atoms with Crippen LogP contribution in [-0.2, 0) is 4.74 Å². The van der Waals surface area contributed by atoms with Gasteiger partial charge in [0.1, 0.15) is 12.4 Å². The Hall–Kier alpha value is -1.79. The molecule has 1 aromatic rings. The zero-order valence-corrected chi connectivity index (χ0v) is 17.7. The highest BCUT2D eigenvalue weighted by Gasteiger charge is 2.21. The van der Waals surface area contributed by atoms with E-state index in [0.717, 1.165) is 26.1 Å². The molecule has 0 heterocycles. The van der Waals surface area contributed by atoms with Crippen LogP contribution in [0.4, 0.5) is 10.5 Å². The number of likely N-dealkylation sites (N-methyl/N-ethyl adjacent to an activating group) is 1. The molecule has 158 valence electrons. The van der Waals surface area contributed by atoms with Gasteiger partial charge in [-0.2, -0.15) is 0 Å². The minimum atomic E-state index is -0.236. The number of hydrogen-bond acceptors (Lipinski definition) is 4. The first-order valence-electron chi connectivity index (χ1n) is 10.7. The monoisotopic (exact) mass is 391 g/mol.